The fourth-order valence-corrected chi connectivity index (χ4v) is 9.42. The van der Waals surface area contributed by atoms with E-state index in [0.29, 0.717) is 46.3 Å². The third kappa shape index (κ3) is 9.01. The van der Waals surface area contributed by atoms with Gasteiger partial charge in [0.05, 0.1) is 27.9 Å². The topological polar surface area (TPSA) is 156 Å². The van der Waals surface area contributed by atoms with Crippen molar-refractivity contribution < 1.29 is 24.3 Å². The summed E-state index contributed by atoms with van der Waals surface area (Å²) in [5, 5.41) is 22.6. The third-order valence-corrected chi connectivity index (χ3v) is 13.2. The van der Waals surface area contributed by atoms with Crippen molar-refractivity contribution in [1.82, 2.24) is 34.8 Å². The van der Waals surface area contributed by atoms with Crippen LogP contribution in [-0.2, 0) is 10.4 Å². The summed E-state index contributed by atoms with van der Waals surface area (Å²) in [4.78, 5) is 63.7. The maximum Gasteiger partial charge on any atom is 0.328 e. The zero-order chi connectivity index (χ0) is 41.5. The SMILES string of the molecule is Cc1cccc(C(=O)Nc2cc3cn(C4CCN(CCN5CCC6(CC5)CCN(C(=O)c5ccc(Cl)c(N7CCC(=O)NC7=O)c5)CC6)CC4)nc3cc2C(C)(C)O)n1. The van der Waals surface area contributed by atoms with Gasteiger partial charge in [-0.15, -0.1) is 0 Å². The van der Waals surface area contributed by atoms with Crippen LogP contribution in [0.3, 0.4) is 0 Å². The van der Waals surface area contributed by atoms with Crippen molar-refractivity contribution in [2.24, 2.45) is 5.41 Å². The van der Waals surface area contributed by atoms with Gasteiger partial charge in [0, 0.05) is 86.3 Å². The average molecular weight is 824 g/mol. The highest BCUT2D eigenvalue weighted by Crippen LogP contribution is 2.42. The maximum absolute atomic E-state index is 13.6. The minimum atomic E-state index is -1.19. The van der Waals surface area contributed by atoms with Gasteiger partial charge < -0.3 is 25.1 Å². The highest BCUT2D eigenvalue weighted by Gasteiger charge is 2.39. The predicted molar refractivity (Wildman–Crippen MR) is 227 cm³/mol. The Morgan fingerprint density at radius 1 is 0.932 bits per heavy atom. The molecule has 2 aromatic heterocycles. The molecule has 4 saturated heterocycles. The summed E-state index contributed by atoms with van der Waals surface area (Å²) in [6.07, 6.45) is 8.49. The van der Waals surface area contributed by atoms with Gasteiger partial charge in [-0.25, -0.2) is 9.78 Å². The minimum Gasteiger partial charge on any atom is -0.386 e. The molecule has 1 spiro atoms. The van der Waals surface area contributed by atoms with Crippen molar-refractivity contribution in [2.45, 2.75) is 77.4 Å². The molecular weight excluding hydrogens is 770 g/mol. The van der Waals surface area contributed by atoms with E-state index in [9.17, 15) is 24.3 Å². The molecule has 0 bridgehead atoms. The number of nitrogens with zero attached hydrogens (tertiary/aromatic N) is 7. The fourth-order valence-electron chi connectivity index (χ4n) is 9.20. The summed E-state index contributed by atoms with van der Waals surface area (Å²) in [6, 6.07) is 13.9. The molecule has 15 heteroatoms. The highest BCUT2D eigenvalue weighted by molar-refractivity contribution is 6.34. The number of fused-ring (bicyclic) bond motifs is 1. The van der Waals surface area contributed by atoms with E-state index in [1.807, 2.05) is 36.1 Å². The number of halogens is 1. The van der Waals surface area contributed by atoms with Crippen LogP contribution in [0.2, 0.25) is 5.02 Å². The molecule has 5 amide bonds. The first-order valence-corrected chi connectivity index (χ1v) is 21.3. The molecule has 0 atom stereocenters. The number of aliphatic hydroxyl groups is 1. The maximum atomic E-state index is 13.6. The van der Waals surface area contributed by atoms with Crippen LogP contribution in [0.1, 0.15) is 96.9 Å². The summed E-state index contributed by atoms with van der Waals surface area (Å²) < 4.78 is 2.07. The number of hydrogen-bond donors (Lipinski definition) is 3. The summed E-state index contributed by atoms with van der Waals surface area (Å²) >= 11 is 6.43. The Morgan fingerprint density at radius 3 is 2.31 bits per heavy atom. The van der Waals surface area contributed by atoms with E-state index in [1.54, 1.807) is 38.1 Å². The van der Waals surface area contributed by atoms with Crippen LogP contribution in [0.4, 0.5) is 16.2 Å². The monoisotopic (exact) mass is 823 g/mol. The molecule has 3 N–H and O–H groups in total. The summed E-state index contributed by atoms with van der Waals surface area (Å²) in [7, 11) is 0. The molecule has 312 valence electrons. The van der Waals surface area contributed by atoms with Gasteiger partial charge in [-0.3, -0.25) is 29.3 Å². The Morgan fingerprint density at radius 2 is 1.63 bits per heavy atom. The fraction of sp³-hybridized carbons (Fsp3) is 0.500. The van der Waals surface area contributed by atoms with E-state index in [2.05, 4.69) is 36.3 Å². The normalized spacial score (nSPS) is 19.7. The van der Waals surface area contributed by atoms with Crippen LogP contribution in [0.15, 0.2) is 54.7 Å². The van der Waals surface area contributed by atoms with Crippen LogP contribution in [0.25, 0.3) is 10.9 Å². The van der Waals surface area contributed by atoms with Crippen molar-refractivity contribution in [3.8, 4) is 0 Å². The van der Waals surface area contributed by atoms with Crippen molar-refractivity contribution in [2.75, 3.05) is 69.1 Å². The number of urea groups is 1. The predicted octanol–water partition coefficient (Wildman–Crippen LogP) is 5.97. The zero-order valence-corrected chi connectivity index (χ0v) is 34.9. The number of nitrogens with one attached hydrogen (secondary N) is 2. The number of piperidine rings is 3. The molecule has 8 rings (SSSR count). The number of carbonyl (C=O) groups excluding carboxylic acids is 4. The lowest BCUT2D eigenvalue weighted by molar-refractivity contribution is -0.120. The molecule has 0 radical (unpaired) electrons. The van der Waals surface area contributed by atoms with Gasteiger partial charge in [-0.2, -0.15) is 5.10 Å². The molecule has 0 saturated carbocycles. The molecule has 0 unspecified atom stereocenters. The van der Waals surface area contributed by atoms with Crippen LogP contribution in [0, 0.1) is 12.3 Å². The third-order valence-electron chi connectivity index (χ3n) is 12.9. The van der Waals surface area contributed by atoms with E-state index in [0.717, 1.165) is 94.4 Å². The average Bonchev–Trinajstić information content (AvgIpc) is 3.64. The first-order valence-electron chi connectivity index (χ1n) is 20.9. The van der Waals surface area contributed by atoms with Gasteiger partial charge in [0.25, 0.3) is 11.8 Å². The Labute approximate surface area is 349 Å². The van der Waals surface area contributed by atoms with E-state index in [-0.39, 0.29) is 42.1 Å². The number of rotatable bonds is 9. The van der Waals surface area contributed by atoms with Gasteiger partial charge in [-0.05, 0) is 120 Å². The molecule has 59 heavy (non-hydrogen) atoms. The first-order chi connectivity index (χ1) is 28.2. The summed E-state index contributed by atoms with van der Waals surface area (Å²) in [5.74, 6) is -0.696. The number of pyridine rings is 1. The summed E-state index contributed by atoms with van der Waals surface area (Å²) in [6.45, 7) is 13.1. The van der Waals surface area contributed by atoms with Crippen LogP contribution >= 0.6 is 11.6 Å². The molecule has 4 fully saturated rings. The van der Waals surface area contributed by atoms with Crippen molar-refractivity contribution >= 4 is 57.6 Å². The first kappa shape index (κ1) is 40.9. The number of likely N-dealkylation sites (tertiary alicyclic amines) is 3. The molecule has 4 aliphatic heterocycles. The molecule has 2 aromatic carbocycles. The van der Waals surface area contributed by atoms with E-state index in [1.165, 1.54) is 4.90 Å². The number of hydrogen-bond acceptors (Lipinski definition) is 9. The lowest BCUT2D eigenvalue weighted by Crippen LogP contribution is -2.50. The second-order valence-electron chi connectivity index (χ2n) is 17.4. The van der Waals surface area contributed by atoms with Crippen LogP contribution < -0.4 is 15.5 Å². The van der Waals surface area contributed by atoms with Gasteiger partial charge in [-0.1, -0.05) is 17.7 Å². The second kappa shape index (κ2) is 16.6. The smallest absolute Gasteiger partial charge is 0.328 e. The van der Waals surface area contributed by atoms with E-state index >= 15 is 0 Å². The largest absolute Gasteiger partial charge is 0.386 e. The highest BCUT2D eigenvalue weighted by atomic mass is 35.5. The number of aromatic nitrogens is 3. The lowest BCUT2D eigenvalue weighted by atomic mass is 9.71. The quantitative estimate of drug-likeness (QED) is 0.185. The number of imide groups is 1. The minimum absolute atomic E-state index is 0.0557. The zero-order valence-electron chi connectivity index (χ0n) is 34.2. The Bertz CT molecular complexity index is 2240. The van der Waals surface area contributed by atoms with Crippen LogP contribution in [0.5, 0.6) is 0 Å². The Hall–Kier alpha value is -4.89. The molecular formula is C44H54ClN9O5. The van der Waals surface area contributed by atoms with Crippen molar-refractivity contribution in [1.29, 1.82) is 0 Å². The van der Waals surface area contributed by atoms with Gasteiger partial charge in [0.1, 0.15) is 5.69 Å². The summed E-state index contributed by atoms with van der Waals surface area (Å²) in [5.41, 5.74) is 3.04. The van der Waals surface area contributed by atoms with Crippen LogP contribution in [-0.4, -0.2) is 117 Å². The molecule has 14 nitrogen and oxygen atoms in total. The van der Waals surface area contributed by atoms with E-state index in [4.69, 9.17) is 16.7 Å². The van der Waals surface area contributed by atoms with Gasteiger partial charge in [0.2, 0.25) is 5.91 Å². The number of amides is 5. The van der Waals surface area contributed by atoms with Gasteiger partial charge >= 0.3 is 6.03 Å². The number of benzene rings is 2. The number of carbonyl (C=O) groups is 4. The molecule has 6 heterocycles. The molecule has 0 aliphatic carbocycles. The second-order valence-corrected chi connectivity index (χ2v) is 17.8. The Balaban J connectivity index is 0.798. The Kier molecular flexibility index (Phi) is 11.5. The van der Waals surface area contributed by atoms with Crippen molar-refractivity contribution in [3.05, 3.63) is 82.3 Å². The van der Waals surface area contributed by atoms with E-state index < -0.39 is 11.6 Å². The van der Waals surface area contributed by atoms with Crippen molar-refractivity contribution in [3.63, 3.8) is 0 Å². The molecule has 4 aliphatic rings. The number of anilines is 2. The molecule has 4 aromatic rings. The lowest BCUT2D eigenvalue weighted by Gasteiger charge is -2.47. The van der Waals surface area contributed by atoms with Gasteiger partial charge in [0.15, 0.2) is 0 Å². The standard InChI is InChI=1S/C44H54ClN9O5/c1-29-5-4-6-35(46-29)40(56)47-37-25-31-28-54(49-36(31)27-33(37)43(2,3)59)32-9-16-50(17-10-32)23-24-51-19-12-44(13-20-51)14-21-52(22-15-44)41(57)30-7-8-34(45)38(26-30)53-18-11-39(55)48-42(53)58/h4-8,25-28,32,59H,9-24H2,1-3H3,(H,47,56)(H,48,55,58). The number of aryl methyl sites for hydroxylation is 1.